The van der Waals surface area contributed by atoms with Gasteiger partial charge >= 0.3 is 0 Å². The summed E-state index contributed by atoms with van der Waals surface area (Å²) in [6, 6.07) is 11.7. The van der Waals surface area contributed by atoms with Crippen LogP contribution in [0.4, 0.5) is 0 Å². The molecule has 0 aromatic heterocycles. The zero-order valence-electron chi connectivity index (χ0n) is 14.2. The van der Waals surface area contributed by atoms with Crippen LogP contribution >= 0.6 is 23.2 Å². The van der Waals surface area contributed by atoms with Crippen molar-refractivity contribution in [3.8, 4) is 11.5 Å². The van der Waals surface area contributed by atoms with Gasteiger partial charge in [0, 0.05) is 5.02 Å². The van der Waals surface area contributed by atoms with Crippen LogP contribution in [0.5, 0.6) is 11.5 Å². The standard InChI is InChI=1S/C18H18Cl2N2O4/c1-11(26-16-8-5-13(19)10-15(16)20)18(24)22-21-17(23)9-12-3-6-14(25-2)7-4-12/h3-8,10-11H,9H2,1-2H3,(H,21,23)(H,22,24). The average Bonchev–Trinajstić information content (AvgIpc) is 2.62. The zero-order valence-corrected chi connectivity index (χ0v) is 15.7. The van der Waals surface area contributed by atoms with E-state index in [1.54, 1.807) is 43.5 Å². The van der Waals surface area contributed by atoms with E-state index >= 15 is 0 Å². The smallest absolute Gasteiger partial charge is 0.279 e. The van der Waals surface area contributed by atoms with Gasteiger partial charge in [0.25, 0.3) is 5.91 Å². The zero-order chi connectivity index (χ0) is 19.1. The van der Waals surface area contributed by atoms with Crippen LogP contribution in [0, 0.1) is 0 Å². The Balaban J connectivity index is 1.81. The van der Waals surface area contributed by atoms with E-state index in [1.807, 2.05) is 0 Å². The molecule has 0 heterocycles. The molecule has 0 aliphatic carbocycles. The molecule has 2 N–H and O–H groups in total. The predicted octanol–water partition coefficient (Wildman–Crippen LogP) is 3.16. The third kappa shape index (κ3) is 5.82. The van der Waals surface area contributed by atoms with E-state index in [4.69, 9.17) is 32.7 Å². The molecule has 138 valence electrons. The highest BCUT2D eigenvalue weighted by Crippen LogP contribution is 2.28. The van der Waals surface area contributed by atoms with Crippen LogP contribution < -0.4 is 20.3 Å². The van der Waals surface area contributed by atoms with Crippen molar-refractivity contribution in [3.05, 3.63) is 58.1 Å². The largest absolute Gasteiger partial charge is 0.497 e. The second-order valence-electron chi connectivity index (χ2n) is 5.40. The topological polar surface area (TPSA) is 76.7 Å². The lowest BCUT2D eigenvalue weighted by atomic mass is 10.1. The number of hydrogen-bond donors (Lipinski definition) is 2. The van der Waals surface area contributed by atoms with Crippen molar-refractivity contribution >= 4 is 35.0 Å². The summed E-state index contributed by atoms with van der Waals surface area (Å²) in [6.07, 6.45) is -0.752. The van der Waals surface area contributed by atoms with Crippen LogP contribution in [0.3, 0.4) is 0 Å². The van der Waals surface area contributed by atoms with Gasteiger partial charge in [0.2, 0.25) is 5.91 Å². The Hall–Kier alpha value is -2.44. The minimum absolute atomic E-state index is 0.114. The van der Waals surface area contributed by atoms with Gasteiger partial charge in [0.15, 0.2) is 6.10 Å². The number of carbonyl (C=O) groups is 2. The first-order chi connectivity index (χ1) is 12.4. The number of amides is 2. The molecule has 2 amide bonds. The van der Waals surface area contributed by atoms with Crippen molar-refractivity contribution in [2.75, 3.05) is 7.11 Å². The van der Waals surface area contributed by atoms with E-state index in [2.05, 4.69) is 10.9 Å². The molecule has 1 atom stereocenters. The molecule has 0 fully saturated rings. The number of benzene rings is 2. The number of hydrazine groups is 1. The quantitative estimate of drug-likeness (QED) is 0.735. The molecule has 0 aliphatic heterocycles. The minimum Gasteiger partial charge on any atom is -0.497 e. The summed E-state index contributed by atoms with van der Waals surface area (Å²) in [5.41, 5.74) is 5.45. The van der Waals surface area contributed by atoms with Gasteiger partial charge in [-0.2, -0.15) is 0 Å². The molecule has 1 unspecified atom stereocenters. The number of rotatable bonds is 6. The fourth-order valence-electron chi connectivity index (χ4n) is 2.02. The molecular formula is C18H18Cl2N2O4. The Morgan fingerprint density at radius 3 is 2.38 bits per heavy atom. The van der Waals surface area contributed by atoms with Crippen molar-refractivity contribution in [1.29, 1.82) is 0 Å². The summed E-state index contributed by atoms with van der Waals surface area (Å²) in [4.78, 5) is 23.9. The maximum atomic E-state index is 12.0. The van der Waals surface area contributed by atoms with E-state index in [0.717, 1.165) is 5.56 Å². The summed E-state index contributed by atoms with van der Waals surface area (Å²) in [5.74, 6) is 0.150. The van der Waals surface area contributed by atoms with E-state index in [-0.39, 0.29) is 12.3 Å². The highest BCUT2D eigenvalue weighted by Gasteiger charge is 2.17. The Morgan fingerprint density at radius 2 is 1.77 bits per heavy atom. The molecule has 2 rings (SSSR count). The first-order valence-corrected chi connectivity index (χ1v) is 8.48. The van der Waals surface area contributed by atoms with Crippen LogP contribution in [-0.4, -0.2) is 25.0 Å². The number of carbonyl (C=O) groups excluding carboxylic acids is 2. The number of halogens is 2. The highest BCUT2D eigenvalue weighted by molar-refractivity contribution is 6.35. The van der Waals surface area contributed by atoms with E-state index in [1.165, 1.54) is 13.0 Å². The Morgan fingerprint density at radius 1 is 1.08 bits per heavy atom. The lowest BCUT2D eigenvalue weighted by Gasteiger charge is -2.16. The molecule has 0 saturated heterocycles. The normalized spacial score (nSPS) is 11.4. The fraction of sp³-hybridized carbons (Fsp3) is 0.222. The Bertz CT molecular complexity index is 781. The fourth-order valence-corrected chi connectivity index (χ4v) is 2.47. The number of ether oxygens (including phenoxy) is 2. The molecule has 8 heteroatoms. The molecule has 0 bridgehead atoms. The third-order valence-corrected chi connectivity index (χ3v) is 3.95. The van der Waals surface area contributed by atoms with E-state index < -0.39 is 12.0 Å². The Labute approximate surface area is 161 Å². The van der Waals surface area contributed by atoms with Crippen LogP contribution in [0.15, 0.2) is 42.5 Å². The second kappa shape index (κ2) is 9.31. The van der Waals surface area contributed by atoms with Gasteiger partial charge in [-0.3, -0.25) is 20.4 Å². The van der Waals surface area contributed by atoms with Crippen molar-refractivity contribution in [2.45, 2.75) is 19.4 Å². The summed E-state index contributed by atoms with van der Waals surface area (Å²) < 4.78 is 10.5. The van der Waals surface area contributed by atoms with Gasteiger partial charge in [0.05, 0.1) is 18.6 Å². The predicted molar refractivity (Wildman–Crippen MR) is 99.5 cm³/mol. The lowest BCUT2D eigenvalue weighted by Crippen LogP contribution is -2.47. The maximum Gasteiger partial charge on any atom is 0.279 e. The summed E-state index contributed by atoms with van der Waals surface area (Å²) >= 11 is 11.8. The van der Waals surface area contributed by atoms with Gasteiger partial charge in [-0.1, -0.05) is 35.3 Å². The van der Waals surface area contributed by atoms with Crippen molar-refractivity contribution in [3.63, 3.8) is 0 Å². The molecule has 2 aromatic rings. The molecule has 0 radical (unpaired) electrons. The summed E-state index contributed by atoms with van der Waals surface area (Å²) in [5, 5.41) is 0.756. The Kier molecular flexibility index (Phi) is 7.12. The first-order valence-electron chi connectivity index (χ1n) is 7.72. The van der Waals surface area contributed by atoms with Crippen LogP contribution in [0.2, 0.25) is 10.0 Å². The third-order valence-electron chi connectivity index (χ3n) is 3.42. The van der Waals surface area contributed by atoms with Gasteiger partial charge in [0.1, 0.15) is 11.5 Å². The average molecular weight is 397 g/mol. The molecule has 2 aromatic carbocycles. The highest BCUT2D eigenvalue weighted by atomic mass is 35.5. The second-order valence-corrected chi connectivity index (χ2v) is 6.24. The van der Waals surface area contributed by atoms with Gasteiger partial charge in [-0.15, -0.1) is 0 Å². The molecule has 0 saturated carbocycles. The lowest BCUT2D eigenvalue weighted by molar-refractivity contribution is -0.132. The van der Waals surface area contributed by atoms with Crippen LogP contribution in [0.1, 0.15) is 12.5 Å². The van der Waals surface area contributed by atoms with E-state index in [0.29, 0.717) is 21.5 Å². The molecule has 0 spiro atoms. The van der Waals surface area contributed by atoms with Crippen molar-refractivity contribution in [2.24, 2.45) is 0 Å². The number of hydrogen-bond acceptors (Lipinski definition) is 4. The van der Waals surface area contributed by atoms with Crippen LogP contribution in [-0.2, 0) is 16.0 Å². The van der Waals surface area contributed by atoms with Crippen LogP contribution in [0.25, 0.3) is 0 Å². The molecule has 26 heavy (non-hydrogen) atoms. The summed E-state index contributed by atoms with van der Waals surface area (Å²) in [6.45, 7) is 1.54. The SMILES string of the molecule is COc1ccc(CC(=O)NNC(=O)C(C)Oc2ccc(Cl)cc2Cl)cc1. The summed E-state index contributed by atoms with van der Waals surface area (Å²) in [7, 11) is 1.57. The molecule has 6 nitrogen and oxygen atoms in total. The number of nitrogens with one attached hydrogen (secondary N) is 2. The van der Waals surface area contributed by atoms with Gasteiger partial charge in [-0.05, 0) is 42.8 Å². The first kappa shape index (κ1) is 19.9. The van der Waals surface area contributed by atoms with Gasteiger partial charge in [-0.25, -0.2) is 0 Å². The molecular weight excluding hydrogens is 379 g/mol. The number of methoxy groups -OCH3 is 1. The monoisotopic (exact) mass is 396 g/mol. The van der Waals surface area contributed by atoms with E-state index in [9.17, 15) is 9.59 Å². The maximum absolute atomic E-state index is 12.0. The molecule has 0 aliphatic rings. The van der Waals surface area contributed by atoms with Crippen molar-refractivity contribution < 1.29 is 19.1 Å². The van der Waals surface area contributed by atoms with Gasteiger partial charge < -0.3 is 9.47 Å². The minimum atomic E-state index is -0.866. The van der Waals surface area contributed by atoms with Crippen molar-refractivity contribution in [1.82, 2.24) is 10.9 Å².